The molecule has 3 nitrogen and oxygen atoms in total. The molecule has 0 saturated heterocycles. The van der Waals surface area contributed by atoms with E-state index < -0.39 is 0 Å². The Hall–Kier alpha value is -0.860. The van der Waals surface area contributed by atoms with Gasteiger partial charge in [-0.3, -0.25) is 9.79 Å². The highest BCUT2D eigenvalue weighted by molar-refractivity contribution is 5.80. The van der Waals surface area contributed by atoms with Crippen LogP contribution in [0.25, 0.3) is 0 Å². The second kappa shape index (κ2) is 7.46. The molecule has 3 heteroatoms. The fraction of sp³-hybridized carbons (Fsp3) is 0.857. The van der Waals surface area contributed by atoms with Gasteiger partial charge in [0.25, 0.3) is 0 Å². The van der Waals surface area contributed by atoms with Crippen LogP contribution in [0.3, 0.4) is 0 Å². The first-order valence-corrected chi connectivity index (χ1v) is 6.81. The topological polar surface area (TPSA) is 38.7 Å². The van der Waals surface area contributed by atoms with Gasteiger partial charge in [-0.25, -0.2) is 0 Å². The van der Waals surface area contributed by atoms with E-state index >= 15 is 0 Å². The Morgan fingerprint density at radius 1 is 1.24 bits per heavy atom. The summed E-state index contributed by atoms with van der Waals surface area (Å²) in [6.45, 7) is 4.32. The second-order valence-corrected chi connectivity index (χ2v) is 4.88. The number of nitrogens with zero attached hydrogens (tertiary/aromatic N) is 1. The number of Topliss-reactive ketones (excluding diaryl/α,β-unsaturated/α-hetero) is 1. The SMILES string of the molecule is CC[C@@H]1CCC(=O)C1.CC[C@@H]1CCC(OC)=N1. The van der Waals surface area contributed by atoms with Crippen LogP contribution in [0.15, 0.2) is 4.99 Å². The molecule has 17 heavy (non-hydrogen) atoms. The summed E-state index contributed by atoms with van der Waals surface area (Å²) in [5.74, 6) is 2.13. The van der Waals surface area contributed by atoms with E-state index in [-0.39, 0.29) is 0 Å². The lowest BCUT2D eigenvalue weighted by atomic mass is 10.1. The third kappa shape index (κ3) is 4.88. The van der Waals surface area contributed by atoms with Crippen LogP contribution in [-0.2, 0) is 9.53 Å². The first-order valence-electron chi connectivity index (χ1n) is 6.81. The molecule has 0 unspecified atom stereocenters. The van der Waals surface area contributed by atoms with Gasteiger partial charge >= 0.3 is 0 Å². The average Bonchev–Trinajstić information content (AvgIpc) is 2.97. The number of rotatable bonds is 2. The first-order chi connectivity index (χ1) is 8.19. The van der Waals surface area contributed by atoms with E-state index in [0.29, 0.717) is 11.8 Å². The molecule has 98 valence electrons. The third-order valence-electron chi connectivity index (χ3n) is 3.65. The van der Waals surface area contributed by atoms with Gasteiger partial charge in [0, 0.05) is 19.3 Å². The van der Waals surface area contributed by atoms with Crippen LogP contribution >= 0.6 is 0 Å². The number of hydrogen-bond acceptors (Lipinski definition) is 3. The number of ketones is 1. The number of aliphatic imine (C=N–C) groups is 1. The van der Waals surface area contributed by atoms with Gasteiger partial charge in [0.15, 0.2) is 5.90 Å². The molecule has 0 aromatic rings. The molecule has 1 saturated carbocycles. The van der Waals surface area contributed by atoms with Crippen molar-refractivity contribution in [2.75, 3.05) is 7.11 Å². The lowest BCUT2D eigenvalue weighted by Crippen LogP contribution is -1.94. The van der Waals surface area contributed by atoms with Crippen molar-refractivity contribution in [3.8, 4) is 0 Å². The molecular weight excluding hydrogens is 214 g/mol. The maximum atomic E-state index is 10.6. The molecule has 1 aliphatic carbocycles. The van der Waals surface area contributed by atoms with Gasteiger partial charge < -0.3 is 4.74 Å². The summed E-state index contributed by atoms with van der Waals surface area (Å²) >= 11 is 0. The molecular formula is C14H25NO2. The second-order valence-electron chi connectivity index (χ2n) is 4.88. The maximum Gasteiger partial charge on any atom is 0.183 e. The Morgan fingerprint density at radius 3 is 2.29 bits per heavy atom. The zero-order chi connectivity index (χ0) is 12.7. The van der Waals surface area contributed by atoms with Crippen LogP contribution in [-0.4, -0.2) is 24.8 Å². The van der Waals surface area contributed by atoms with Crippen molar-refractivity contribution in [1.82, 2.24) is 0 Å². The largest absolute Gasteiger partial charge is 0.484 e. The van der Waals surface area contributed by atoms with Gasteiger partial charge in [0.2, 0.25) is 0 Å². The minimum Gasteiger partial charge on any atom is -0.484 e. The Bertz CT molecular complexity index is 273. The average molecular weight is 239 g/mol. The fourth-order valence-electron chi connectivity index (χ4n) is 2.31. The maximum absolute atomic E-state index is 10.6. The Morgan fingerprint density at radius 2 is 2.00 bits per heavy atom. The standard InChI is InChI=1S/C7H13NO.C7H12O/c1-3-6-4-5-7(8-6)9-2;1-2-6-3-4-7(8)5-6/h6H,3-5H2,1-2H3;6H,2-5H2,1H3/t2*6-/m11/s1. The zero-order valence-corrected chi connectivity index (χ0v) is 11.4. The van der Waals surface area contributed by atoms with Gasteiger partial charge in [0.1, 0.15) is 5.78 Å². The summed E-state index contributed by atoms with van der Waals surface area (Å²) in [6, 6.07) is 0.542. The van der Waals surface area contributed by atoms with Crippen LogP contribution in [0.5, 0.6) is 0 Å². The van der Waals surface area contributed by atoms with Crippen molar-refractivity contribution in [2.24, 2.45) is 10.9 Å². The molecule has 2 rings (SSSR count). The van der Waals surface area contributed by atoms with Crippen molar-refractivity contribution in [3.63, 3.8) is 0 Å². The quantitative estimate of drug-likeness (QED) is 0.741. The highest BCUT2D eigenvalue weighted by Crippen LogP contribution is 2.23. The molecule has 0 amide bonds. The van der Waals surface area contributed by atoms with Crippen LogP contribution in [0.2, 0.25) is 0 Å². The number of carbonyl (C=O) groups is 1. The van der Waals surface area contributed by atoms with Gasteiger partial charge in [0.05, 0.1) is 13.2 Å². The highest BCUT2D eigenvalue weighted by Gasteiger charge is 2.19. The van der Waals surface area contributed by atoms with Crippen molar-refractivity contribution < 1.29 is 9.53 Å². The molecule has 1 fully saturated rings. The molecule has 0 aromatic carbocycles. The van der Waals surface area contributed by atoms with Crippen LogP contribution in [0.4, 0.5) is 0 Å². The van der Waals surface area contributed by atoms with E-state index in [4.69, 9.17) is 4.74 Å². The minimum absolute atomic E-state index is 0.469. The third-order valence-corrected chi connectivity index (χ3v) is 3.65. The van der Waals surface area contributed by atoms with E-state index in [1.807, 2.05) is 0 Å². The predicted octanol–water partition coefficient (Wildman–Crippen LogP) is 3.37. The van der Waals surface area contributed by atoms with E-state index in [1.54, 1.807) is 7.11 Å². The predicted molar refractivity (Wildman–Crippen MR) is 70.4 cm³/mol. The van der Waals surface area contributed by atoms with E-state index in [2.05, 4.69) is 18.8 Å². The van der Waals surface area contributed by atoms with Crippen molar-refractivity contribution >= 4 is 11.7 Å². The monoisotopic (exact) mass is 239 g/mol. The molecule has 0 spiro atoms. The van der Waals surface area contributed by atoms with E-state index in [0.717, 1.165) is 43.9 Å². The first kappa shape index (κ1) is 14.2. The van der Waals surface area contributed by atoms with Gasteiger partial charge in [-0.1, -0.05) is 20.3 Å². The lowest BCUT2D eigenvalue weighted by molar-refractivity contribution is -0.117. The molecule has 0 N–H and O–H groups in total. The Kier molecular flexibility index (Phi) is 6.23. The summed E-state index contributed by atoms with van der Waals surface area (Å²) in [7, 11) is 1.69. The van der Waals surface area contributed by atoms with Gasteiger partial charge in [-0.05, 0) is 25.2 Å². The van der Waals surface area contributed by atoms with Crippen molar-refractivity contribution in [2.45, 2.75) is 64.8 Å². The van der Waals surface area contributed by atoms with Crippen LogP contribution < -0.4 is 0 Å². The molecule has 0 bridgehead atoms. The summed E-state index contributed by atoms with van der Waals surface area (Å²) in [5, 5.41) is 0. The molecule has 1 aliphatic heterocycles. The zero-order valence-electron chi connectivity index (χ0n) is 11.4. The van der Waals surface area contributed by atoms with E-state index in [1.165, 1.54) is 12.8 Å². The molecule has 0 aromatic heterocycles. The van der Waals surface area contributed by atoms with Gasteiger partial charge in [-0.2, -0.15) is 0 Å². The summed E-state index contributed by atoms with van der Waals surface area (Å²) in [6.07, 6.45) is 7.40. The van der Waals surface area contributed by atoms with Crippen LogP contribution in [0, 0.1) is 5.92 Å². The van der Waals surface area contributed by atoms with Crippen LogP contribution in [0.1, 0.15) is 58.8 Å². The van der Waals surface area contributed by atoms with Crippen molar-refractivity contribution in [1.29, 1.82) is 0 Å². The molecule has 0 radical (unpaired) electrons. The van der Waals surface area contributed by atoms with Gasteiger partial charge in [-0.15, -0.1) is 0 Å². The number of hydrogen-bond donors (Lipinski definition) is 0. The summed E-state index contributed by atoms with van der Waals surface area (Å²) < 4.78 is 4.99. The highest BCUT2D eigenvalue weighted by atomic mass is 16.5. The number of methoxy groups -OCH3 is 1. The molecule has 2 atom stereocenters. The summed E-state index contributed by atoms with van der Waals surface area (Å²) in [5.41, 5.74) is 0. The number of ether oxygens (including phenoxy) is 1. The molecule has 1 heterocycles. The Labute approximate surface area is 105 Å². The minimum atomic E-state index is 0.469. The summed E-state index contributed by atoms with van der Waals surface area (Å²) in [4.78, 5) is 14.9. The van der Waals surface area contributed by atoms with E-state index in [9.17, 15) is 4.79 Å². The fourth-order valence-corrected chi connectivity index (χ4v) is 2.31. The normalized spacial score (nSPS) is 27.5. The smallest absolute Gasteiger partial charge is 0.183 e. The number of carbonyl (C=O) groups excluding carboxylic acids is 1. The lowest BCUT2D eigenvalue weighted by Gasteiger charge is -1.98. The molecule has 2 aliphatic rings. The van der Waals surface area contributed by atoms with Crippen molar-refractivity contribution in [3.05, 3.63) is 0 Å². The Balaban J connectivity index is 0.000000171.